The first kappa shape index (κ1) is 16.7. The van der Waals surface area contributed by atoms with Gasteiger partial charge in [-0.05, 0) is 36.8 Å². The first-order chi connectivity index (χ1) is 11.7. The van der Waals surface area contributed by atoms with Crippen molar-refractivity contribution in [2.45, 2.75) is 13.0 Å². The van der Waals surface area contributed by atoms with Gasteiger partial charge in [0.05, 0.1) is 13.2 Å². The van der Waals surface area contributed by atoms with Crippen LogP contribution in [0.3, 0.4) is 0 Å². The number of hydrogen-bond acceptors (Lipinski definition) is 5. The average Bonchev–Trinajstić information content (AvgIpc) is 2.63. The Morgan fingerprint density at radius 3 is 2.92 bits per heavy atom. The van der Waals surface area contributed by atoms with E-state index >= 15 is 0 Å². The van der Waals surface area contributed by atoms with E-state index in [4.69, 9.17) is 21.1 Å². The van der Waals surface area contributed by atoms with Gasteiger partial charge < -0.3 is 14.4 Å². The molecule has 3 rings (SSSR count). The maximum atomic E-state index is 12.2. The predicted octanol–water partition coefficient (Wildman–Crippen LogP) is 3.49. The number of pyridine rings is 1. The van der Waals surface area contributed by atoms with Crippen molar-refractivity contribution in [3.63, 3.8) is 0 Å². The lowest BCUT2D eigenvalue weighted by Crippen LogP contribution is -2.39. The molecular weight excluding hydrogens is 328 g/mol. The van der Waals surface area contributed by atoms with E-state index in [1.54, 1.807) is 25.3 Å². The number of carbonyl (C=O) groups excluding carboxylic acids is 1. The fourth-order valence-electron chi connectivity index (χ4n) is 2.74. The Hall–Kier alpha value is -2.11. The molecular formula is C18H19ClN2O3. The molecule has 2 aromatic rings. The number of hydrogen-bond donors (Lipinski definition) is 0. The van der Waals surface area contributed by atoms with Gasteiger partial charge in [0.15, 0.2) is 0 Å². The zero-order valence-corrected chi connectivity index (χ0v) is 14.2. The van der Waals surface area contributed by atoms with Gasteiger partial charge in [-0.2, -0.15) is 0 Å². The Balaban J connectivity index is 1.82. The molecule has 1 unspecified atom stereocenters. The molecule has 0 N–H and O–H groups in total. The van der Waals surface area contributed by atoms with Crippen LogP contribution in [0.5, 0.6) is 0 Å². The van der Waals surface area contributed by atoms with Crippen LogP contribution in [0, 0.1) is 0 Å². The molecule has 126 valence electrons. The first-order valence-corrected chi connectivity index (χ1v) is 8.31. The van der Waals surface area contributed by atoms with Gasteiger partial charge in [-0.25, -0.2) is 9.78 Å². The highest BCUT2D eigenvalue weighted by molar-refractivity contribution is 6.30. The van der Waals surface area contributed by atoms with E-state index in [1.807, 2.05) is 24.3 Å². The van der Waals surface area contributed by atoms with Crippen LogP contribution < -0.4 is 4.90 Å². The highest BCUT2D eigenvalue weighted by Gasteiger charge is 2.26. The number of anilines is 1. The Morgan fingerprint density at radius 1 is 1.38 bits per heavy atom. The highest BCUT2D eigenvalue weighted by Crippen LogP contribution is 2.28. The molecule has 24 heavy (non-hydrogen) atoms. The van der Waals surface area contributed by atoms with Crippen molar-refractivity contribution in [3.05, 3.63) is 58.7 Å². The lowest BCUT2D eigenvalue weighted by Gasteiger charge is -2.34. The van der Waals surface area contributed by atoms with Crippen molar-refractivity contribution in [1.82, 2.24) is 4.98 Å². The number of rotatable bonds is 4. The third kappa shape index (κ3) is 3.68. The van der Waals surface area contributed by atoms with E-state index in [0.29, 0.717) is 42.7 Å². The molecule has 1 aromatic carbocycles. The summed E-state index contributed by atoms with van der Waals surface area (Å²) >= 11 is 5.95. The van der Waals surface area contributed by atoms with Crippen molar-refractivity contribution in [2.75, 3.05) is 31.2 Å². The highest BCUT2D eigenvalue weighted by atomic mass is 35.5. The lowest BCUT2D eigenvalue weighted by molar-refractivity contribution is 0.0389. The van der Waals surface area contributed by atoms with E-state index in [9.17, 15) is 4.79 Å². The van der Waals surface area contributed by atoms with E-state index in [-0.39, 0.29) is 12.1 Å². The number of esters is 1. The van der Waals surface area contributed by atoms with Crippen molar-refractivity contribution < 1.29 is 14.3 Å². The van der Waals surface area contributed by atoms with Crippen LogP contribution in [0.1, 0.15) is 28.9 Å². The Labute approximate surface area is 146 Å². The molecule has 2 heterocycles. The summed E-state index contributed by atoms with van der Waals surface area (Å²) < 4.78 is 11.0. The van der Waals surface area contributed by atoms with Crippen LogP contribution in [-0.2, 0) is 9.47 Å². The number of nitrogens with zero attached hydrogens (tertiary/aromatic N) is 2. The van der Waals surface area contributed by atoms with E-state index < -0.39 is 0 Å². The van der Waals surface area contributed by atoms with Crippen LogP contribution in [-0.4, -0.2) is 37.3 Å². The van der Waals surface area contributed by atoms with Gasteiger partial charge in [0.1, 0.15) is 17.5 Å². The molecule has 0 spiro atoms. The molecule has 1 fully saturated rings. The van der Waals surface area contributed by atoms with E-state index in [2.05, 4.69) is 9.88 Å². The zero-order chi connectivity index (χ0) is 16.9. The monoisotopic (exact) mass is 346 g/mol. The first-order valence-electron chi connectivity index (χ1n) is 7.93. The third-order valence-electron chi connectivity index (χ3n) is 3.89. The van der Waals surface area contributed by atoms with Gasteiger partial charge in [-0.15, -0.1) is 0 Å². The second-order valence-electron chi connectivity index (χ2n) is 5.45. The van der Waals surface area contributed by atoms with Crippen molar-refractivity contribution in [1.29, 1.82) is 0 Å². The minimum atomic E-state index is -0.352. The SMILES string of the molecule is CCOC(=O)c1cccnc1N1CCOC(c2ccc(Cl)cc2)C1. The molecule has 0 bridgehead atoms. The predicted molar refractivity (Wildman–Crippen MR) is 92.6 cm³/mol. The number of halogens is 1. The standard InChI is InChI=1S/C18H19ClN2O3/c1-2-23-18(22)15-4-3-9-20-17(15)21-10-11-24-16(12-21)13-5-7-14(19)8-6-13/h3-9,16H,2,10-12H2,1H3. The molecule has 0 amide bonds. The summed E-state index contributed by atoms with van der Waals surface area (Å²) in [6.07, 6.45) is 1.60. The molecule has 1 aromatic heterocycles. The molecule has 5 nitrogen and oxygen atoms in total. The normalized spacial score (nSPS) is 17.6. The van der Waals surface area contributed by atoms with Gasteiger partial charge in [-0.3, -0.25) is 0 Å². The summed E-state index contributed by atoms with van der Waals surface area (Å²) in [5.74, 6) is 0.286. The van der Waals surface area contributed by atoms with Gasteiger partial charge in [0.25, 0.3) is 0 Å². The second kappa shape index (κ2) is 7.64. The van der Waals surface area contributed by atoms with Crippen LogP contribution >= 0.6 is 11.6 Å². The fraction of sp³-hybridized carbons (Fsp3) is 0.333. The fourth-order valence-corrected chi connectivity index (χ4v) is 2.86. The number of morpholine rings is 1. The van der Waals surface area contributed by atoms with Gasteiger partial charge in [-0.1, -0.05) is 23.7 Å². The minimum Gasteiger partial charge on any atom is -0.462 e. The average molecular weight is 347 g/mol. The Morgan fingerprint density at radius 2 is 2.17 bits per heavy atom. The van der Waals surface area contributed by atoms with Crippen LogP contribution in [0.25, 0.3) is 0 Å². The summed E-state index contributed by atoms with van der Waals surface area (Å²) in [4.78, 5) is 18.6. The van der Waals surface area contributed by atoms with Crippen molar-refractivity contribution >= 4 is 23.4 Å². The van der Waals surface area contributed by atoms with Crippen LogP contribution in [0.2, 0.25) is 5.02 Å². The maximum Gasteiger partial charge on any atom is 0.341 e. The molecule has 1 aliphatic rings. The topological polar surface area (TPSA) is 51.7 Å². The maximum absolute atomic E-state index is 12.2. The zero-order valence-electron chi connectivity index (χ0n) is 13.4. The Bertz CT molecular complexity index is 706. The quantitative estimate of drug-likeness (QED) is 0.793. The van der Waals surface area contributed by atoms with E-state index in [0.717, 1.165) is 5.56 Å². The summed E-state index contributed by atoms with van der Waals surface area (Å²) in [5, 5.41) is 0.695. The van der Waals surface area contributed by atoms with Crippen LogP contribution in [0.15, 0.2) is 42.6 Å². The summed E-state index contributed by atoms with van der Waals surface area (Å²) in [7, 11) is 0. The summed E-state index contributed by atoms with van der Waals surface area (Å²) in [6.45, 7) is 3.98. The van der Waals surface area contributed by atoms with Gasteiger partial charge >= 0.3 is 5.97 Å². The minimum absolute atomic E-state index is 0.0898. The molecule has 0 saturated carbocycles. The summed E-state index contributed by atoms with van der Waals surface area (Å²) in [5.41, 5.74) is 1.54. The van der Waals surface area contributed by atoms with Gasteiger partial charge in [0.2, 0.25) is 0 Å². The number of carbonyl (C=O) groups is 1. The van der Waals surface area contributed by atoms with Crippen molar-refractivity contribution in [3.8, 4) is 0 Å². The molecule has 0 radical (unpaired) electrons. The molecule has 1 aliphatic heterocycles. The van der Waals surface area contributed by atoms with E-state index in [1.165, 1.54) is 0 Å². The lowest BCUT2D eigenvalue weighted by atomic mass is 10.1. The number of ether oxygens (including phenoxy) is 2. The summed E-state index contributed by atoms with van der Waals surface area (Å²) in [6, 6.07) is 11.1. The smallest absolute Gasteiger partial charge is 0.341 e. The second-order valence-corrected chi connectivity index (χ2v) is 5.89. The van der Waals surface area contributed by atoms with Crippen molar-refractivity contribution in [2.24, 2.45) is 0 Å². The van der Waals surface area contributed by atoms with Crippen LogP contribution in [0.4, 0.5) is 5.82 Å². The molecule has 6 heteroatoms. The Kier molecular flexibility index (Phi) is 5.33. The largest absolute Gasteiger partial charge is 0.462 e. The van der Waals surface area contributed by atoms with Gasteiger partial charge in [0, 0.05) is 24.3 Å². The molecule has 1 saturated heterocycles. The molecule has 0 aliphatic carbocycles. The number of aromatic nitrogens is 1. The third-order valence-corrected chi connectivity index (χ3v) is 4.14. The molecule has 1 atom stereocenters. The number of benzene rings is 1.